The maximum Gasteiger partial charge on any atom is 0.339 e. The van der Waals surface area contributed by atoms with Crippen LogP contribution >= 0.6 is 0 Å². The van der Waals surface area contributed by atoms with E-state index >= 15 is 0 Å². The Hall–Kier alpha value is -1.84. The Morgan fingerprint density at radius 3 is 1.35 bits per heavy atom. The largest absolute Gasteiger partial charge is 0.462 e. The molecule has 1 aromatic carbocycles. The molecule has 1 rings (SSSR count). The van der Waals surface area contributed by atoms with E-state index in [9.17, 15) is 9.59 Å². The molecular weight excluding hydrogens is 388 g/mol. The zero-order chi connectivity index (χ0) is 22.6. The maximum absolute atomic E-state index is 12.3. The maximum atomic E-state index is 12.3. The van der Waals surface area contributed by atoms with Crippen molar-refractivity contribution in [1.29, 1.82) is 0 Å². The second kappa shape index (κ2) is 18.9. The van der Waals surface area contributed by atoms with Gasteiger partial charge >= 0.3 is 11.9 Å². The Labute approximate surface area is 190 Å². The highest BCUT2D eigenvalue weighted by Crippen LogP contribution is 2.14. The number of unbranched alkanes of at least 4 members (excludes halogenated alkanes) is 13. The van der Waals surface area contributed by atoms with Gasteiger partial charge in [0, 0.05) is 0 Å². The summed E-state index contributed by atoms with van der Waals surface area (Å²) in [7, 11) is 0. The smallest absolute Gasteiger partial charge is 0.339 e. The van der Waals surface area contributed by atoms with Crippen LogP contribution in [-0.4, -0.2) is 25.2 Å². The predicted octanol–water partition coefficient (Wildman–Crippen LogP) is 7.89. The van der Waals surface area contributed by atoms with E-state index in [1.165, 1.54) is 77.0 Å². The molecule has 0 unspecified atom stereocenters. The summed E-state index contributed by atoms with van der Waals surface area (Å²) in [5, 5.41) is 0. The van der Waals surface area contributed by atoms with Crippen LogP contribution in [0.3, 0.4) is 0 Å². The van der Waals surface area contributed by atoms with Gasteiger partial charge in [-0.05, 0) is 25.0 Å². The summed E-state index contributed by atoms with van der Waals surface area (Å²) in [6, 6.07) is 6.70. The Bertz CT molecular complexity index is 597. The molecule has 176 valence electrons. The van der Waals surface area contributed by atoms with E-state index in [1.54, 1.807) is 24.3 Å². The number of rotatable bonds is 19. The number of carbonyl (C=O) groups excluding carboxylic acids is 2. The number of carbonyl (C=O) groups is 2. The van der Waals surface area contributed by atoms with Gasteiger partial charge in [-0.15, -0.1) is 0 Å². The molecule has 0 aliphatic rings. The molecule has 1 aromatic rings. The Morgan fingerprint density at radius 2 is 0.935 bits per heavy atom. The van der Waals surface area contributed by atoms with Crippen molar-refractivity contribution in [2.75, 3.05) is 13.2 Å². The molecule has 0 bridgehead atoms. The summed E-state index contributed by atoms with van der Waals surface area (Å²) in [6.07, 6.45) is 18.9. The number of ether oxygens (including phenoxy) is 2. The molecule has 0 saturated carbocycles. The third-order valence-electron chi connectivity index (χ3n) is 5.54. The van der Waals surface area contributed by atoms with Crippen LogP contribution in [0.2, 0.25) is 0 Å². The van der Waals surface area contributed by atoms with Crippen molar-refractivity contribution in [3.8, 4) is 0 Å². The van der Waals surface area contributed by atoms with Gasteiger partial charge < -0.3 is 9.47 Å². The zero-order valence-electron chi connectivity index (χ0n) is 20.0. The minimum atomic E-state index is -0.467. The van der Waals surface area contributed by atoms with Crippen molar-refractivity contribution in [3.63, 3.8) is 0 Å². The Balaban J connectivity index is 2.05. The molecular formula is C27H44O4. The molecule has 0 aliphatic carbocycles. The van der Waals surface area contributed by atoms with Gasteiger partial charge in [0.25, 0.3) is 0 Å². The average Bonchev–Trinajstić information content (AvgIpc) is 2.79. The molecule has 4 nitrogen and oxygen atoms in total. The van der Waals surface area contributed by atoms with Crippen LogP contribution in [0.5, 0.6) is 0 Å². The van der Waals surface area contributed by atoms with Crippen molar-refractivity contribution >= 4 is 11.9 Å². The third-order valence-corrected chi connectivity index (χ3v) is 5.54. The quantitative estimate of drug-likeness (QED) is 0.165. The van der Waals surface area contributed by atoms with E-state index in [1.807, 2.05) is 6.92 Å². The molecule has 0 radical (unpaired) electrons. The molecule has 31 heavy (non-hydrogen) atoms. The van der Waals surface area contributed by atoms with Crippen LogP contribution in [-0.2, 0) is 9.47 Å². The van der Waals surface area contributed by atoms with Crippen LogP contribution in [0, 0.1) is 0 Å². The fraction of sp³-hybridized carbons (Fsp3) is 0.704. The first kappa shape index (κ1) is 27.2. The van der Waals surface area contributed by atoms with Gasteiger partial charge in [-0.1, -0.05) is 109 Å². The van der Waals surface area contributed by atoms with Gasteiger partial charge in [0.15, 0.2) is 0 Å². The molecule has 4 heteroatoms. The van der Waals surface area contributed by atoms with Gasteiger partial charge in [0.2, 0.25) is 0 Å². The van der Waals surface area contributed by atoms with Crippen molar-refractivity contribution < 1.29 is 19.1 Å². The van der Waals surface area contributed by atoms with E-state index in [2.05, 4.69) is 6.92 Å². The van der Waals surface area contributed by atoms with Crippen LogP contribution < -0.4 is 0 Å². The van der Waals surface area contributed by atoms with Crippen molar-refractivity contribution in [2.45, 2.75) is 110 Å². The van der Waals surface area contributed by atoms with E-state index in [-0.39, 0.29) is 11.1 Å². The SMILES string of the molecule is CCCCCCCCCCCCCCCCOC(=O)c1ccccc1C(=O)OCCC. The summed E-state index contributed by atoms with van der Waals surface area (Å²) in [5.74, 6) is -0.912. The minimum absolute atomic E-state index is 0.280. The molecule has 0 aromatic heterocycles. The lowest BCUT2D eigenvalue weighted by atomic mass is 10.0. The highest BCUT2D eigenvalue weighted by atomic mass is 16.5. The summed E-state index contributed by atoms with van der Waals surface area (Å²) in [4.78, 5) is 24.5. The summed E-state index contributed by atoms with van der Waals surface area (Å²) in [5.41, 5.74) is 0.566. The van der Waals surface area contributed by atoms with Crippen LogP contribution in [0.15, 0.2) is 24.3 Å². The number of hydrogen-bond acceptors (Lipinski definition) is 4. The van der Waals surface area contributed by atoms with Gasteiger partial charge in [0.1, 0.15) is 0 Å². The lowest BCUT2D eigenvalue weighted by Gasteiger charge is -2.09. The summed E-state index contributed by atoms with van der Waals surface area (Å²) in [6.45, 7) is 4.95. The predicted molar refractivity (Wildman–Crippen MR) is 128 cm³/mol. The molecule has 0 atom stereocenters. The monoisotopic (exact) mass is 432 g/mol. The number of benzene rings is 1. The summed E-state index contributed by atoms with van der Waals surface area (Å²) < 4.78 is 10.5. The lowest BCUT2D eigenvalue weighted by molar-refractivity contribution is 0.0454. The van der Waals surface area contributed by atoms with Crippen LogP contribution in [0.25, 0.3) is 0 Å². The van der Waals surface area contributed by atoms with Crippen LogP contribution in [0.4, 0.5) is 0 Å². The first-order valence-electron chi connectivity index (χ1n) is 12.6. The first-order valence-corrected chi connectivity index (χ1v) is 12.6. The Kier molecular flexibility index (Phi) is 16.6. The fourth-order valence-electron chi connectivity index (χ4n) is 3.65. The van der Waals surface area contributed by atoms with Crippen molar-refractivity contribution in [2.24, 2.45) is 0 Å². The van der Waals surface area contributed by atoms with E-state index < -0.39 is 11.9 Å². The lowest BCUT2D eigenvalue weighted by Crippen LogP contribution is -2.14. The number of hydrogen-bond donors (Lipinski definition) is 0. The topological polar surface area (TPSA) is 52.6 Å². The first-order chi connectivity index (χ1) is 15.2. The molecule has 0 saturated heterocycles. The second-order valence-electron chi connectivity index (χ2n) is 8.41. The third kappa shape index (κ3) is 13.2. The van der Waals surface area contributed by atoms with Gasteiger partial charge in [-0.25, -0.2) is 9.59 Å². The van der Waals surface area contributed by atoms with Gasteiger partial charge in [-0.3, -0.25) is 0 Å². The minimum Gasteiger partial charge on any atom is -0.462 e. The van der Waals surface area contributed by atoms with Gasteiger partial charge in [0.05, 0.1) is 24.3 Å². The molecule has 0 heterocycles. The van der Waals surface area contributed by atoms with E-state index in [4.69, 9.17) is 9.47 Å². The van der Waals surface area contributed by atoms with Crippen molar-refractivity contribution in [1.82, 2.24) is 0 Å². The number of esters is 2. The zero-order valence-corrected chi connectivity index (χ0v) is 20.0. The highest BCUT2D eigenvalue weighted by molar-refractivity contribution is 6.03. The highest BCUT2D eigenvalue weighted by Gasteiger charge is 2.18. The van der Waals surface area contributed by atoms with E-state index in [0.717, 1.165) is 19.3 Å². The average molecular weight is 433 g/mol. The second-order valence-corrected chi connectivity index (χ2v) is 8.41. The standard InChI is InChI=1S/C27H44O4/c1-3-5-6-7-8-9-10-11-12-13-14-15-16-19-23-31-27(29)25-21-18-17-20-24(25)26(28)30-22-4-2/h17-18,20-21H,3-16,19,22-23H2,1-2H3. The van der Waals surface area contributed by atoms with Crippen molar-refractivity contribution in [3.05, 3.63) is 35.4 Å². The molecule has 0 N–H and O–H groups in total. The van der Waals surface area contributed by atoms with E-state index in [0.29, 0.717) is 13.2 Å². The molecule has 0 fully saturated rings. The molecule has 0 amide bonds. The van der Waals surface area contributed by atoms with Gasteiger partial charge in [-0.2, -0.15) is 0 Å². The Morgan fingerprint density at radius 1 is 0.548 bits per heavy atom. The normalized spacial score (nSPS) is 10.8. The molecule has 0 aliphatic heterocycles. The fourth-order valence-corrected chi connectivity index (χ4v) is 3.65. The molecule has 0 spiro atoms. The summed E-state index contributed by atoms with van der Waals surface area (Å²) >= 11 is 0. The van der Waals surface area contributed by atoms with Crippen LogP contribution in [0.1, 0.15) is 131 Å².